The predicted octanol–water partition coefficient (Wildman–Crippen LogP) is 1.27. The summed E-state index contributed by atoms with van der Waals surface area (Å²) in [6.07, 6.45) is -1.28. The van der Waals surface area contributed by atoms with Gasteiger partial charge < -0.3 is 27.5 Å². The van der Waals surface area contributed by atoms with Gasteiger partial charge in [0.25, 0.3) is 0 Å². The van der Waals surface area contributed by atoms with Crippen molar-refractivity contribution < 1.29 is 73.9 Å². The summed E-state index contributed by atoms with van der Waals surface area (Å²) in [5.41, 5.74) is 1.07. The molecule has 1 aromatic rings. The molecule has 1 aromatic carbocycles. The number of ether oxygens (including phenoxy) is 1. The number of nitrogens with zero attached hydrogens (tertiary/aromatic N) is 2. The number of benzene rings is 1. The number of hydrogen-bond donors (Lipinski definition) is 1. The molecule has 0 aromatic heterocycles. The van der Waals surface area contributed by atoms with Crippen molar-refractivity contribution in [2.45, 2.75) is 44.5 Å². The number of carbonyl (C=O) groups is 1. The van der Waals surface area contributed by atoms with Gasteiger partial charge in [-0.1, -0.05) is 11.9 Å². The van der Waals surface area contributed by atoms with Crippen LogP contribution in [-0.4, -0.2) is 49.8 Å². The summed E-state index contributed by atoms with van der Waals surface area (Å²) in [5.74, 6) is 0. The fraction of sp³-hybridized carbons (Fsp3) is 0.588. The van der Waals surface area contributed by atoms with Crippen molar-refractivity contribution >= 4 is 31.4 Å². The van der Waals surface area contributed by atoms with E-state index in [1.54, 1.807) is 17.9 Å². The van der Waals surface area contributed by atoms with Gasteiger partial charge in [0.1, 0.15) is 5.60 Å². The summed E-state index contributed by atoms with van der Waals surface area (Å²) in [6, 6.07) is 3.27. The molecule has 0 unspecified atom stereocenters. The first kappa shape index (κ1) is 25.2. The van der Waals surface area contributed by atoms with Gasteiger partial charge in [0.05, 0.1) is 0 Å². The van der Waals surface area contributed by atoms with Crippen molar-refractivity contribution in [3.8, 4) is 0 Å². The predicted molar refractivity (Wildman–Crippen MR) is 101 cm³/mol. The zero-order chi connectivity index (χ0) is 19.7. The van der Waals surface area contributed by atoms with E-state index in [4.69, 9.17) is 4.74 Å². The van der Waals surface area contributed by atoms with Gasteiger partial charge in [0.15, 0.2) is 0 Å². The molecule has 0 radical (unpaired) electrons. The SMILES string of the molecule is Cc1c(C[B-](F)(F)F)cc(S)cc1N1CCN(C(=O)OC(C)(C)C)CC1.[K+]. The number of piperazine rings is 1. The normalized spacial score (nSPS) is 15.4. The second-order valence-electron chi connectivity index (χ2n) is 7.62. The average molecular weight is 428 g/mol. The van der Waals surface area contributed by atoms with Gasteiger partial charge in [-0.3, -0.25) is 0 Å². The first-order valence-electron chi connectivity index (χ1n) is 8.62. The number of anilines is 1. The minimum atomic E-state index is -4.91. The molecule has 27 heavy (non-hydrogen) atoms. The molecule has 1 amide bonds. The van der Waals surface area contributed by atoms with Crippen LogP contribution in [0.5, 0.6) is 0 Å². The zero-order valence-electron chi connectivity index (χ0n) is 16.6. The molecule has 0 bridgehead atoms. The van der Waals surface area contributed by atoms with E-state index in [2.05, 4.69) is 12.6 Å². The van der Waals surface area contributed by atoms with Gasteiger partial charge in [0.2, 0.25) is 0 Å². The molecule has 1 aliphatic rings. The second kappa shape index (κ2) is 9.76. The standard InChI is InChI=1S/C17H25BF3N2O2S.K/c1-12-13(11-18(19,20)21)9-14(26)10-15(12)22-5-7-23(8-6-22)16(24)25-17(2,3)4;/h9-10,26H,5-8,11H2,1-4H3;/q-1;+1. The van der Waals surface area contributed by atoms with Gasteiger partial charge in [-0.2, -0.15) is 0 Å². The zero-order valence-corrected chi connectivity index (χ0v) is 20.6. The van der Waals surface area contributed by atoms with E-state index < -0.39 is 18.9 Å². The van der Waals surface area contributed by atoms with Crippen molar-refractivity contribution in [3.05, 3.63) is 23.3 Å². The Labute approximate surface area is 207 Å². The molecule has 10 heteroatoms. The van der Waals surface area contributed by atoms with Crippen LogP contribution in [0.25, 0.3) is 0 Å². The van der Waals surface area contributed by atoms with Crippen molar-refractivity contribution in [2.75, 3.05) is 31.1 Å². The van der Waals surface area contributed by atoms with E-state index in [0.717, 1.165) is 5.69 Å². The Bertz CT molecular complexity index is 675. The molecule has 0 spiro atoms. The van der Waals surface area contributed by atoms with Gasteiger partial charge >= 0.3 is 64.5 Å². The maximum atomic E-state index is 12.9. The van der Waals surface area contributed by atoms with E-state index >= 15 is 0 Å². The molecular formula is C17H25BF3KN2O2S. The molecule has 2 rings (SSSR count). The first-order valence-corrected chi connectivity index (χ1v) is 9.07. The second-order valence-corrected chi connectivity index (χ2v) is 8.13. The van der Waals surface area contributed by atoms with Crippen molar-refractivity contribution in [1.82, 2.24) is 4.90 Å². The number of carbonyl (C=O) groups excluding carboxylic acids is 1. The van der Waals surface area contributed by atoms with Crippen LogP contribution in [-0.2, 0) is 11.1 Å². The van der Waals surface area contributed by atoms with E-state index in [1.165, 1.54) is 6.07 Å². The van der Waals surface area contributed by atoms with Crippen LogP contribution in [0.15, 0.2) is 17.0 Å². The summed E-state index contributed by atoms with van der Waals surface area (Å²) in [6.45, 7) is 4.23. The Morgan fingerprint density at radius 2 is 1.74 bits per heavy atom. The molecular weight excluding hydrogens is 403 g/mol. The molecule has 0 saturated carbocycles. The van der Waals surface area contributed by atoms with Crippen LogP contribution < -0.4 is 56.3 Å². The molecule has 1 aliphatic heterocycles. The Morgan fingerprint density at radius 1 is 1.19 bits per heavy atom. The fourth-order valence-corrected chi connectivity index (χ4v) is 3.27. The summed E-state index contributed by atoms with van der Waals surface area (Å²) >= 11 is 4.27. The topological polar surface area (TPSA) is 32.8 Å². The quantitative estimate of drug-likeness (QED) is 0.582. The number of hydrogen-bond acceptors (Lipinski definition) is 4. The van der Waals surface area contributed by atoms with Crippen LogP contribution in [0.3, 0.4) is 0 Å². The fourth-order valence-electron chi connectivity index (χ4n) is 2.99. The van der Waals surface area contributed by atoms with E-state index in [9.17, 15) is 17.7 Å². The van der Waals surface area contributed by atoms with Crippen LogP contribution >= 0.6 is 12.6 Å². The van der Waals surface area contributed by atoms with Crippen LogP contribution in [0, 0.1) is 6.92 Å². The minimum absolute atomic E-state index is 0. The summed E-state index contributed by atoms with van der Waals surface area (Å²) in [7, 11) is 0. The van der Waals surface area contributed by atoms with E-state index in [0.29, 0.717) is 36.6 Å². The monoisotopic (exact) mass is 428 g/mol. The molecule has 0 atom stereocenters. The molecule has 0 N–H and O–H groups in total. The Balaban J connectivity index is 0.00000364. The third-order valence-electron chi connectivity index (χ3n) is 4.20. The number of amides is 1. The molecule has 1 heterocycles. The third kappa shape index (κ3) is 7.81. The molecule has 146 valence electrons. The molecule has 1 fully saturated rings. The van der Waals surface area contributed by atoms with Crippen LogP contribution in [0.4, 0.5) is 23.4 Å². The van der Waals surface area contributed by atoms with Crippen molar-refractivity contribution in [3.63, 3.8) is 0 Å². The van der Waals surface area contributed by atoms with Crippen molar-refractivity contribution in [1.29, 1.82) is 0 Å². The molecule has 1 saturated heterocycles. The van der Waals surface area contributed by atoms with E-state index in [-0.39, 0.29) is 63.0 Å². The Kier molecular flexibility index (Phi) is 9.09. The summed E-state index contributed by atoms with van der Waals surface area (Å²) in [5, 5.41) is 0. The van der Waals surface area contributed by atoms with Gasteiger partial charge in [0, 0.05) is 36.8 Å². The van der Waals surface area contributed by atoms with E-state index in [1.807, 2.05) is 25.7 Å². The molecule has 0 aliphatic carbocycles. The van der Waals surface area contributed by atoms with Crippen LogP contribution in [0.1, 0.15) is 31.9 Å². The number of thiol groups is 1. The Hall–Kier alpha value is 0.131. The molecule has 4 nitrogen and oxygen atoms in total. The van der Waals surface area contributed by atoms with Gasteiger partial charge in [-0.05, 0) is 45.4 Å². The van der Waals surface area contributed by atoms with Crippen LogP contribution in [0.2, 0.25) is 0 Å². The number of halogens is 3. The van der Waals surface area contributed by atoms with Gasteiger partial charge in [-0.15, -0.1) is 12.6 Å². The first-order chi connectivity index (χ1) is 11.9. The largest absolute Gasteiger partial charge is 1.00 e. The summed E-state index contributed by atoms with van der Waals surface area (Å²) in [4.78, 5) is 16.3. The summed E-state index contributed by atoms with van der Waals surface area (Å²) < 4.78 is 44.0. The third-order valence-corrected chi connectivity index (χ3v) is 4.45. The minimum Gasteiger partial charge on any atom is -0.449 e. The maximum absolute atomic E-state index is 12.9. The van der Waals surface area contributed by atoms with Crippen molar-refractivity contribution in [2.24, 2.45) is 0 Å². The van der Waals surface area contributed by atoms with Gasteiger partial charge in [-0.25, -0.2) is 4.79 Å². The Morgan fingerprint density at radius 3 is 2.22 bits per heavy atom. The smallest absolute Gasteiger partial charge is 0.449 e. The average Bonchev–Trinajstić information content (AvgIpc) is 2.47. The maximum Gasteiger partial charge on any atom is 1.00 e. The number of rotatable bonds is 3.